The average molecular weight is 415 g/mol. The summed E-state index contributed by atoms with van der Waals surface area (Å²) in [6, 6.07) is 17.9. The minimum Gasteiger partial charge on any atom is -0.484 e. The van der Waals surface area contributed by atoms with Crippen LogP contribution in [0.25, 0.3) is 22.2 Å². The zero-order valence-corrected chi connectivity index (χ0v) is 17.8. The van der Waals surface area contributed by atoms with Crippen LogP contribution in [-0.4, -0.2) is 27.0 Å². The number of aromatic nitrogens is 3. The molecule has 0 aliphatic carbocycles. The van der Waals surface area contributed by atoms with Gasteiger partial charge in [-0.3, -0.25) is 4.79 Å². The molecule has 0 saturated heterocycles. The van der Waals surface area contributed by atoms with Gasteiger partial charge in [0.2, 0.25) is 0 Å². The lowest BCUT2D eigenvalue weighted by Crippen LogP contribution is -2.20. The fourth-order valence-corrected chi connectivity index (χ4v) is 3.54. The monoisotopic (exact) mass is 415 g/mol. The van der Waals surface area contributed by atoms with Gasteiger partial charge in [-0.25, -0.2) is 9.97 Å². The molecule has 2 aromatic heterocycles. The lowest BCUT2D eigenvalue weighted by molar-refractivity contribution is -0.119. The molecule has 31 heavy (non-hydrogen) atoms. The van der Waals surface area contributed by atoms with Gasteiger partial charge in [0.25, 0.3) is 5.91 Å². The Bertz CT molecular complexity index is 1250. The van der Waals surface area contributed by atoms with E-state index in [-0.39, 0.29) is 12.6 Å². The van der Waals surface area contributed by atoms with Crippen LogP contribution in [0.4, 0.5) is 5.82 Å². The van der Waals surface area contributed by atoms with E-state index in [0.29, 0.717) is 11.6 Å². The molecule has 4 rings (SSSR count). The first kappa shape index (κ1) is 20.4. The minimum absolute atomic E-state index is 0.0327. The predicted octanol–water partition coefficient (Wildman–Crippen LogP) is 3.98. The van der Waals surface area contributed by atoms with Crippen molar-refractivity contribution in [2.75, 3.05) is 11.9 Å². The highest BCUT2D eigenvalue weighted by atomic mass is 16.5. The zero-order chi connectivity index (χ0) is 22.0. The third-order valence-electron chi connectivity index (χ3n) is 5.13. The van der Waals surface area contributed by atoms with Gasteiger partial charge in [0, 0.05) is 30.4 Å². The third kappa shape index (κ3) is 4.66. The van der Waals surface area contributed by atoms with Gasteiger partial charge in [-0.2, -0.15) is 0 Å². The molecule has 4 aromatic rings. The Balaban J connectivity index is 1.57. The van der Waals surface area contributed by atoms with Crippen LogP contribution in [0.3, 0.4) is 0 Å². The van der Waals surface area contributed by atoms with Crippen LogP contribution in [-0.2, 0) is 11.8 Å². The number of hydrogen-bond acceptors (Lipinski definition) is 5. The molecule has 1 unspecified atom stereocenters. The summed E-state index contributed by atoms with van der Waals surface area (Å²) >= 11 is 0. The number of primary amides is 1. The molecule has 0 aliphatic heterocycles. The molecule has 1 amide bonds. The van der Waals surface area contributed by atoms with Crippen LogP contribution >= 0.6 is 0 Å². The van der Waals surface area contributed by atoms with E-state index in [0.717, 1.165) is 28.2 Å². The van der Waals surface area contributed by atoms with Crippen molar-refractivity contribution in [1.82, 2.24) is 14.5 Å². The van der Waals surface area contributed by atoms with Crippen molar-refractivity contribution in [2.45, 2.75) is 19.9 Å². The van der Waals surface area contributed by atoms with Crippen molar-refractivity contribution in [3.63, 3.8) is 0 Å². The van der Waals surface area contributed by atoms with E-state index in [1.165, 1.54) is 5.39 Å². The van der Waals surface area contributed by atoms with Crippen LogP contribution in [0.1, 0.15) is 24.4 Å². The Hall–Kier alpha value is -3.87. The topological polar surface area (TPSA) is 95.1 Å². The second-order valence-corrected chi connectivity index (χ2v) is 7.58. The lowest BCUT2D eigenvalue weighted by atomic mass is 10.1. The molecule has 0 fully saturated rings. The molecule has 7 heteroatoms. The number of anilines is 1. The maximum absolute atomic E-state index is 11.0. The largest absolute Gasteiger partial charge is 0.484 e. The standard InChI is InChI=1S/C24H25N5O2/c1-15(18-5-4-6-20(11-18)31-14-23(25)30)26-24-13-21(27-16(2)28-24)19-8-7-17-9-10-29(3)22(17)12-19/h4-13,15H,14H2,1-3H3,(H2,25,30)(H,26,27,28). The van der Waals surface area contributed by atoms with Gasteiger partial charge >= 0.3 is 0 Å². The Morgan fingerprint density at radius 1 is 1.16 bits per heavy atom. The molecular formula is C24H25N5O2. The van der Waals surface area contributed by atoms with Crippen LogP contribution in [0.5, 0.6) is 5.75 Å². The number of fused-ring (bicyclic) bond motifs is 1. The van der Waals surface area contributed by atoms with E-state index in [1.807, 2.05) is 45.2 Å². The smallest absolute Gasteiger partial charge is 0.255 e. The van der Waals surface area contributed by atoms with E-state index in [4.69, 9.17) is 10.5 Å². The molecule has 0 radical (unpaired) electrons. The van der Waals surface area contributed by atoms with Gasteiger partial charge in [0.05, 0.1) is 11.7 Å². The Labute approximate surface area is 180 Å². The van der Waals surface area contributed by atoms with Crippen LogP contribution in [0.15, 0.2) is 60.8 Å². The second kappa shape index (κ2) is 8.47. The van der Waals surface area contributed by atoms with Gasteiger partial charge < -0.3 is 20.4 Å². The van der Waals surface area contributed by atoms with Crippen LogP contribution < -0.4 is 15.8 Å². The number of nitrogens with zero attached hydrogens (tertiary/aromatic N) is 3. The average Bonchev–Trinajstić information content (AvgIpc) is 3.12. The molecule has 7 nitrogen and oxygen atoms in total. The second-order valence-electron chi connectivity index (χ2n) is 7.58. The van der Waals surface area contributed by atoms with Crippen molar-refractivity contribution in [3.05, 3.63) is 72.2 Å². The number of ether oxygens (including phenoxy) is 1. The highest BCUT2D eigenvalue weighted by Crippen LogP contribution is 2.27. The van der Waals surface area contributed by atoms with E-state index >= 15 is 0 Å². The number of amides is 1. The van der Waals surface area contributed by atoms with Gasteiger partial charge in [-0.1, -0.05) is 24.3 Å². The summed E-state index contributed by atoms with van der Waals surface area (Å²) in [7, 11) is 2.03. The molecule has 1 atom stereocenters. The first-order chi connectivity index (χ1) is 14.9. The van der Waals surface area contributed by atoms with E-state index in [1.54, 1.807) is 6.07 Å². The normalized spacial score (nSPS) is 12.0. The first-order valence-electron chi connectivity index (χ1n) is 10.1. The number of nitrogens with two attached hydrogens (primary N) is 1. The highest BCUT2D eigenvalue weighted by molar-refractivity contribution is 5.85. The number of nitrogens with one attached hydrogen (secondary N) is 1. The zero-order valence-electron chi connectivity index (χ0n) is 17.8. The van der Waals surface area contributed by atoms with Crippen LogP contribution in [0.2, 0.25) is 0 Å². The number of carbonyl (C=O) groups is 1. The molecule has 0 aliphatic rings. The maximum Gasteiger partial charge on any atom is 0.255 e. The molecule has 3 N–H and O–H groups in total. The maximum atomic E-state index is 11.0. The fourth-order valence-electron chi connectivity index (χ4n) is 3.54. The number of carbonyl (C=O) groups excluding carboxylic acids is 1. The number of aryl methyl sites for hydroxylation is 2. The van der Waals surface area contributed by atoms with Gasteiger partial charge in [0.15, 0.2) is 6.61 Å². The summed E-state index contributed by atoms with van der Waals surface area (Å²) in [5.41, 5.74) is 9.22. The summed E-state index contributed by atoms with van der Waals surface area (Å²) in [6.45, 7) is 3.78. The number of hydrogen-bond donors (Lipinski definition) is 2. The van der Waals surface area contributed by atoms with Gasteiger partial charge in [-0.05, 0) is 49.1 Å². The summed E-state index contributed by atoms with van der Waals surface area (Å²) < 4.78 is 7.51. The molecule has 0 bridgehead atoms. The van der Waals surface area contributed by atoms with Crippen molar-refractivity contribution in [2.24, 2.45) is 12.8 Å². The summed E-state index contributed by atoms with van der Waals surface area (Å²) in [5.74, 6) is 1.53. The molecule has 158 valence electrons. The predicted molar refractivity (Wildman–Crippen MR) is 122 cm³/mol. The quantitative estimate of drug-likeness (QED) is 0.476. The van der Waals surface area contributed by atoms with Crippen LogP contribution in [0, 0.1) is 6.92 Å². The van der Waals surface area contributed by atoms with E-state index in [9.17, 15) is 4.79 Å². The van der Waals surface area contributed by atoms with E-state index < -0.39 is 5.91 Å². The van der Waals surface area contributed by atoms with Crippen molar-refractivity contribution < 1.29 is 9.53 Å². The fraction of sp³-hybridized carbons (Fsp3) is 0.208. The molecule has 0 spiro atoms. The molecule has 2 heterocycles. The van der Waals surface area contributed by atoms with Gasteiger partial charge in [-0.15, -0.1) is 0 Å². The Morgan fingerprint density at radius 2 is 2.00 bits per heavy atom. The van der Waals surface area contributed by atoms with Crippen molar-refractivity contribution in [1.29, 1.82) is 0 Å². The summed E-state index contributed by atoms with van der Waals surface area (Å²) in [5, 5.41) is 4.64. The minimum atomic E-state index is -0.505. The Morgan fingerprint density at radius 3 is 2.81 bits per heavy atom. The van der Waals surface area contributed by atoms with Crippen molar-refractivity contribution >= 4 is 22.6 Å². The number of rotatable bonds is 7. The SMILES string of the molecule is Cc1nc(NC(C)c2cccc(OCC(N)=O)c2)cc(-c2ccc3ccn(C)c3c2)n1. The number of benzene rings is 2. The Kier molecular flexibility index (Phi) is 5.58. The molecule has 2 aromatic carbocycles. The van der Waals surface area contributed by atoms with E-state index in [2.05, 4.69) is 50.3 Å². The summed E-state index contributed by atoms with van der Waals surface area (Å²) in [6.07, 6.45) is 2.05. The molecular weight excluding hydrogens is 390 g/mol. The van der Waals surface area contributed by atoms with Gasteiger partial charge in [0.1, 0.15) is 17.4 Å². The summed E-state index contributed by atoms with van der Waals surface area (Å²) in [4.78, 5) is 20.2. The highest BCUT2D eigenvalue weighted by Gasteiger charge is 2.11. The lowest BCUT2D eigenvalue weighted by Gasteiger charge is -2.17. The molecule has 0 saturated carbocycles. The third-order valence-corrected chi connectivity index (χ3v) is 5.13. The first-order valence-corrected chi connectivity index (χ1v) is 10.1. The van der Waals surface area contributed by atoms with Crippen molar-refractivity contribution in [3.8, 4) is 17.0 Å².